The summed E-state index contributed by atoms with van der Waals surface area (Å²) < 4.78 is 2.15. The molecule has 20 heavy (non-hydrogen) atoms. The van der Waals surface area contributed by atoms with Gasteiger partial charge in [-0.15, -0.1) is 0 Å². The molecule has 1 amide bonds. The first-order valence-corrected chi connectivity index (χ1v) is 6.66. The van der Waals surface area contributed by atoms with Crippen LogP contribution in [-0.4, -0.2) is 10.5 Å². The molecule has 0 aliphatic heterocycles. The molecule has 102 valence electrons. The Bertz CT molecular complexity index is 704. The van der Waals surface area contributed by atoms with Gasteiger partial charge in [-0.05, 0) is 18.6 Å². The van der Waals surface area contributed by atoms with E-state index in [-0.39, 0.29) is 5.57 Å². The zero-order valence-electron chi connectivity index (χ0n) is 11.5. The Labute approximate surface area is 118 Å². The van der Waals surface area contributed by atoms with Gasteiger partial charge in [-0.25, -0.2) is 0 Å². The number of nitrogens with two attached hydrogens (primary N) is 1. The van der Waals surface area contributed by atoms with Gasteiger partial charge in [-0.2, -0.15) is 5.26 Å². The minimum absolute atomic E-state index is 0.0246. The maximum absolute atomic E-state index is 11.2. The highest BCUT2D eigenvalue weighted by Crippen LogP contribution is 2.24. The quantitative estimate of drug-likeness (QED) is 0.668. The molecule has 0 spiro atoms. The van der Waals surface area contributed by atoms with E-state index >= 15 is 0 Å². The van der Waals surface area contributed by atoms with Crippen LogP contribution in [0.5, 0.6) is 0 Å². The molecule has 0 aliphatic rings. The van der Waals surface area contributed by atoms with Crippen molar-refractivity contribution < 1.29 is 4.79 Å². The minimum Gasteiger partial charge on any atom is -0.365 e. The minimum atomic E-state index is -0.696. The number of rotatable bonds is 5. The summed E-state index contributed by atoms with van der Waals surface area (Å²) in [7, 11) is 0. The fourth-order valence-electron chi connectivity index (χ4n) is 2.22. The van der Waals surface area contributed by atoms with Crippen LogP contribution in [0.3, 0.4) is 0 Å². The van der Waals surface area contributed by atoms with Gasteiger partial charge >= 0.3 is 0 Å². The molecule has 0 bridgehead atoms. The third-order valence-corrected chi connectivity index (χ3v) is 3.26. The Morgan fingerprint density at radius 3 is 2.85 bits per heavy atom. The van der Waals surface area contributed by atoms with Crippen LogP contribution in [0.15, 0.2) is 36.0 Å². The van der Waals surface area contributed by atoms with E-state index in [1.54, 1.807) is 6.08 Å². The number of carbonyl (C=O) groups excluding carboxylic acids is 1. The summed E-state index contributed by atoms with van der Waals surface area (Å²) in [5, 5.41) is 9.98. The summed E-state index contributed by atoms with van der Waals surface area (Å²) in [5.74, 6) is -0.696. The molecule has 1 aromatic carbocycles. The number of carbonyl (C=O) groups is 1. The van der Waals surface area contributed by atoms with Crippen molar-refractivity contribution >= 4 is 22.9 Å². The van der Waals surface area contributed by atoms with Crippen LogP contribution in [0, 0.1) is 11.3 Å². The van der Waals surface area contributed by atoms with Crippen molar-refractivity contribution in [2.75, 3.05) is 0 Å². The molecule has 0 fully saturated rings. The first-order chi connectivity index (χ1) is 9.67. The summed E-state index contributed by atoms with van der Waals surface area (Å²) in [6, 6.07) is 9.80. The maximum Gasteiger partial charge on any atom is 0.259 e. The average molecular weight is 267 g/mol. The molecule has 1 aromatic heterocycles. The number of benzene rings is 1. The molecule has 0 saturated carbocycles. The molecule has 2 rings (SSSR count). The second-order valence-electron chi connectivity index (χ2n) is 4.68. The molecule has 4 nitrogen and oxygen atoms in total. The molecule has 2 aromatic rings. The highest BCUT2D eigenvalue weighted by molar-refractivity contribution is 6.03. The van der Waals surface area contributed by atoms with E-state index in [0.29, 0.717) is 0 Å². The van der Waals surface area contributed by atoms with Crippen LogP contribution >= 0.6 is 0 Å². The second-order valence-corrected chi connectivity index (χ2v) is 4.68. The lowest BCUT2D eigenvalue weighted by molar-refractivity contribution is -0.114. The van der Waals surface area contributed by atoms with Crippen molar-refractivity contribution in [2.45, 2.75) is 26.3 Å². The third kappa shape index (κ3) is 2.72. The molecule has 0 saturated heterocycles. The van der Waals surface area contributed by atoms with Crippen molar-refractivity contribution in [3.63, 3.8) is 0 Å². The van der Waals surface area contributed by atoms with Gasteiger partial charge in [0.25, 0.3) is 5.91 Å². The monoisotopic (exact) mass is 267 g/mol. The molecule has 0 radical (unpaired) electrons. The summed E-state index contributed by atoms with van der Waals surface area (Å²) in [6.45, 7) is 3.07. The van der Waals surface area contributed by atoms with Gasteiger partial charge in [0.1, 0.15) is 11.6 Å². The highest BCUT2D eigenvalue weighted by Gasteiger charge is 2.09. The van der Waals surface area contributed by atoms with E-state index in [1.807, 2.05) is 36.5 Å². The van der Waals surface area contributed by atoms with Gasteiger partial charge in [0.15, 0.2) is 0 Å². The molecule has 0 unspecified atom stereocenters. The number of amides is 1. The van der Waals surface area contributed by atoms with Gasteiger partial charge in [0.05, 0.1) is 0 Å². The van der Waals surface area contributed by atoms with Gasteiger partial charge in [0.2, 0.25) is 0 Å². The molecule has 0 aliphatic carbocycles. The van der Waals surface area contributed by atoms with Crippen LogP contribution in [0.4, 0.5) is 0 Å². The second kappa shape index (κ2) is 6.07. The van der Waals surface area contributed by atoms with Crippen molar-refractivity contribution in [1.82, 2.24) is 4.57 Å². The zero-order chi connectivity index (χ0) is 14.5. The normalized spacial score (nSPS) is 11.5. The Morgan fingerprint density at radius 2 is 2.20 bits per heavy atom. The molecule has 4 heteroatoms. The predicted octanol–water partition coefficient (Wildman–Crippen LogP) is 2.83. The van der Waals surface area contributed by atoms with E-state index in [4.69, 9.17) is 11.0 Å². The van der Waals surface area contributed by atoms with Crippen molar-refractivity contribution in [1.29, 1.82) is 5.26 Å². The Morgan fingerprint density at radius 1 is 1.45 bits per heavy atom. The molecular weight excluding hydrogens is 250 g/mol. The molecule has 1 heterocycles. The SMILES string of the molecule is CCCCn1cc(C=C(C#N)C(N)=O)c2ccccc21. The number of aryl methyl sites for hydroxylation is 1. The zero-order valence-corrected chi connectivity index (χ0v) is 11.5. The van der Waals surface area contributed by atoms with E-state index in [1.165, 1.54) is 0 Å². The third-order valence-electron chi connectivity index (χ3n) is 3.26. The number of nitriles is 1. The van der Waals surface area contributed by atoms with Gasteiger partial charge < -0.3 is 10.3 Å². The van der Waals surface area contributed by atoms with Crippen molar-refractivity contribution in [2.24, 2.45) is 5.73 Å². The first kappa shape index (κ1) is 13.9. The van der Waals surface area contributed by atoms with Gasteiger partial charge in [0, 0.05) is 29.2 Å². The topological polar surface area (TPSA) is 71.8 Å². The lowest BCUT2D eigenvalue weighted by atomic mass is 10.1. The average Bonchev–Trinajstić information content (AvgIpc) is 2.80. The van der Waals surface area contributed by atoms with Crippen LogP contribution in [0.25, 0.3) is 17.0 Å². The highest BCUT2D eigenvalue weighted by atomic mass is 16.1. The van der Waals surface area contributed by atoms with Crippen LogP contribution in [0.2, 0.25) is 0 Å². The summed E-state index contributed by atoms with van der Waals surface area (Å²) in [4.78, 5) is 11.2. The van der Waals surface area contributed by atoms with Crippen LogP contribution in [0.1, 0.15) is 25.3 Å². The maximum atomic E-state index is 11.2. The fraction of sp³-hybridized carbons (Fsp3) is 0.250. The van der Waals surface area contributed by atoms with Gasteiger partial charge in [-0.1, -0.05) is 31.5 Å². The Balaban J connectivity index is 2.54. The number of para-hydroxylation sites is 1. The standard InChI is InChI=1S/C16H17N3O/c1-2-3-8-19-11-13(9-12(10-17)16(18)20)14-6-4-5-7-15(14)19/h4-7,9,11H,2-3,8H2,1H3,(H2,18,20). The van der Waals surface area contributed by atoms with E-state index in [0.717, 1.165) is 35.9 Å². The number of unbranched alkanes of at least 4 members (excludes halogenated alkanes) is 1. The van der Waals surface area contributed by atoms with Crippen LogP contribution < -0.4 is 5.73 Å². The summed E-state index contributed by atoms with van der Waals surface area (Å²) in [6.07, 6.45) is 5.74. The number of hydrogen-bond donors (Lipinski definition) is 1. The number of fused-ring (bicyclic) bond motifs is 1. The number of hydrogen-bond acceptors (Lipinski definition) is 2. The van der Waals surface area contributed by atoms with E-state index in [9.17, 15) is 4.79 Å². The Kier molecular flexibility index (Phi) is 4.21. The van der Waals surface area contributed by atoms with Gasteiger partial charge in [-0.3, -0.25) is 4.79 Å². The molecule has 2 N–H and O–H groups in total. The fourth-order valence-corrected chi connectivity index (χ4v) is 2.22. The molecular formula is C16H17N3O. The van der Waals surface area contributed by atoms with Crippen LogP contribution in [-0.2, 0) is 11.3 Å². The van der Waals surface area contributed by atoms with E-state index in [2.05, 4.69) is 11.5 Å². The van der Waals surface area contributed by atoms with Crippen molar-refractivity contribution in [3.05, 3.63) is 41.6 Å². The summed E-state index contributed by atoms with van der Waals surface area (Å²) >= 11 is 0. The number of nitrogens with zero attached hydrogens (tertiary/aromatic N) is 2. The summed E-state index contributed by atoms with van der Waals surface area (Å²) in [5.41, 5.74) is 7.12. The molecule has 0 atom stereocenters. The number of primary amides is 1. The van der Waals surface area contributed by atoms with E-state index < -0.39 is 5.91 Å². The van der Waals surface area contributed by atoms with Crippen molar-refractivity contribution in [3.8, 4) is 6.07 Å². The number of aromatic nitrogens is 1. The lowest BCUT2D eigenvalue weighted by Gasteiger charge is -2.02. The smallest absolute Gasteiger partial charge is 0.259 e. The lowest BCUT2D eigenvalue weighted by Crippen LogP contribution is -2.12. The predicted molar refractivity (Wildman–Crippen MR) is 79.6 cm³/mol. The largest absolute Gasteiger partial charge is 0.365 e. The Hall–Kier alpha value is -2.54. The first-order valence-electron chi connectivity index (χ1n) is 6.66.